The van der Waals surface area contributed by atoms with Crippen LogP contribution in [0.1, 0.15) is 50.6 Å². The second-order valence-electron chi connectivity index (χ2n) is 8.81. The monoisotopic (exact) mass is 444 g/mol. The summed E-state index contributed by atoms with van der Waals surface area (Å²) in [5.74, 6) is -4.18. The quantitative estimate of drug-likeness (QED) is 0.740. The summed E-state index contributed by atoms with van der Waals surface area (Å²) in [6.07, 6.45) is -1.24. The van der Waals surface area contributed by atoms with Crippen LogP contribution in [0.5, 0.6) is 5.75 Å². The highest BCUT2D eigenvalue weighted by Gasteiger charge is 2.63. The Kier molecular flexibility index (Phi) is 4.91. The van der Waals surface area contributed by atoms with E-state index in [-0.39, 0.29) is 47.6 Å². The van der Waals surface area contributed by atoms with Crippen molar-refractivity contribution in [3.63, 3.8) is 0 Å². The van der Waals surface area contributed by atoms with Gasteiger partial charge < -0.3 is 15.4 Å². The molecule has 3 aliphatic rings. The molecule has 2 fully saturated rings. The van der Waals surface area contributed by atoms with Crippen LogP contribution in [0.2, 0.25) is 0 Å². The largest absolute Gasteiger partial charge is 0.486 e. The SMILES string of the molecule is CNC(=O)c1cc(C(=O)NC2[C@H]3CC(F)(F)C[C@@H]23)cc2c1O[C@H](CF)[C@H]2c1ccccc1. The van der Waals surface area contributed by atoms with E-state index in [1.807, 2.05) is 30.3 Å². The van der Waals surface area contributed by atoms with Gasteiger partial charge in [-0.05, 0) is 29.5 Å². The Hall–Kier alpha value is -3.03. The lowest BCUT2D eigenvalue weighted by Crippen LogP contribution is -2.31. The molecule has 2 amide bonds. The lowest BCUT2D eigenvalue weighted by atomic mass is 9.86. The van der Waals surface area contributed by atoms with Gasteiger partial charge in [0.15, 0.2) is 0 Å². The van der Waals surface area contributed by atoms with Crippen LogP contribution in [0.25, 0.3) is 0 Å². The number of carbonyl (C=O) groups excluding carboxylic acids is 2. The summed E-state index contributed by atoms with van der Waals surface area (Å²) in [4.78, 5) is 25.6. The Balaban J connectivity index is 1.49. The third kappa shape index (κ3) is 3.42. The number of benzene rings is 2. The molecule has 0 saturated heterocycles. The molecule has 0 radical (unpaired) electrons. The molecule has 5 rings (SSSR count). The van der Waals surface area contributed by atoms with Crippen molar-refractivity contribution in [1.29, 1.82) is 0 Å². The van der Waals surface area contributed by atoms with E-state index >= 15 is 0 Å². The fourth-order valence-corrected chi connectivity index (χ4v) is 5.27. The van der Waals surface area contributed by atoms with Crippen molar-refractivity contribution in [1.82, 2.24) is 10.6 Å². The second kappa shape index (κ2) is 7.53. The maximum absolute atomic E-state index is 13.9. The number of hydrogen-bond donors (Lipinski definition) is 2. The summed E-state index contributed by atoms with van der Waals surface area (Å²) in [6.45, 7) is -0.761. The fraction of sp³-hybridized carbons (Fsp3) is 0.417. The van der Waals surface area contributed by atoms with Crippen molar-refractivity contribution in [2.24, 2.45) is 11.8 Å². The summed E-state index contributed by atoms with van der Waals surface area (Å²) >= 11 is 0. The zero-order valence-electron chi connectivity index (χ0n) is 17.4. The molecule has 1 unspecified atom stereocenters. The molecule has 2 N–H and O–H groups in total. The van der Waals surface area contributed by atoms with Crippen LogP contribution in [-0.2, 0) is 0 Å². The minimum atomic E-state index is -2.65. The molecule has 0 aromatic heterocycles. The Morgan fingerprint density at radius 3 is 2.41 bits per heavy atom. The zero-order chi connectivity index (χ0) is 22.6. The van der Waals surface area contributed by atoms with Crippen LogP contribution >= 0.6 is 0 Å². The van der Waals surface area contributed by atoms with E-state index < -0.39 is 36.4 Å². The van der Waals surface area contributed by atoms with Gasteiger partial charge in [0.05, 0.1) is 11.5 Å². The van der Waals surface area contributed by atoms with Gasteiger partial charge in [-0.1, -0.05) is 30.3 Å². The number of alkyl halides is 3. The first kappa shape index (κ1) is 20.8. The summed E-state index contributed by atoms with van der Waals surface area (Å²) in [6, 6.07) is 12.0. The predicted molar refractivity (Wildman–Crippen MR) is 111 cm³/mol. The van der Waals surface area contributed by atoms with E-state index in [4.69, 9.17) is 4.74 Å². The molecule has 0 spiro atoms. The number of halogens is 3. The second-order valence-corrected chi connectivity index (χ2v) is 8.81. The summed E-state index contributed by atoms with van der Waals surface area (Å²) in [5.41, 5.74) is 1.75. The Labute approximate surface area is 183 Å². The minimum absolute atomic E-state index is 0.148. The Bertz CT molecular complexity index is 1060. The van der Waals surface area contributed by atoms with Crippen LogP contribution in [0.15, 0.2) is 42.5 Å². The first-order valence-corrected chi connectivity index (χ1v) is 10.7. The number of rotatable bonds is 5. The molecule has 8 heteroatoms. The van der Waals surface area contributed by atoms with Crippen LogP contribution in [0.3, 0.4) is 0 Å². The van der Waals surface area contributed by atoms with Gasteiger partial charge in [-0.15, -0.1) is 0 Å². The maximum Gasteiger partial charge on any atom is 0.254 e. The van der Waals surface area contributed by atoms with Crippen molar-refractivity contribution in [3.05, 3.63) is 64.7 Å². The molecule has 2 aromatic carbocycles. The molecule has 0 bridgehead atoms. The predicted octanol–water partition coefficient (Wildman–Crippen LogP) is 3.68. The molecule has 2 aliphatic carbocycles. The average Bonchev–Trinajstić information content (AvgIpc) is 3.13. The molecule has 2 saturated carbocycles. The molecule has 1 heterocycles. The maximum atomic E-state index is 13.9. The number of amides is 2. The molecule has 5 nitrogen and oxygen atoms in total. The number of ether oxygens (including phenoxy) is 1. The summed E-state index contributed by atoms with van der Waals surface area (Å²) in [7, 11) is 1.46. The van der Waals surface area contributed by atoms with E-state index in [1.165, 1.54) is 13.1 Å². The highest BCUT2D eigenvalue weighted by molar-refractivity contribution is 6.02. The average molecular weight is 444 g/mol. The van der Waals surface area contributed by atoms with Gasteiger partial charge in [0, 0.05) is 37.1 Å². The lowest BCUT2D eigenvalue weighted by molar-refractivity contribution is -0.00623. The smallest absolute Gasteiger partial charge is 0.254 e. The first-order valence-electron chi connectivity index (χ1n) is 10.7. The van der Waals surface area contributed by atoms with Crippen molar-refractivity contribution < 1.29 is 27.5 Å². The number of fused-ring (bicyclic) bond motifs is 2. The minimum Gasteiger partial charge on any atom is -0.486 e. The number of nitrogens with one attached hydrogen (secondary N) is 2. The normalized spacial score (nSPS) is 28.9. The number of carbonyl (C=O) groups is 2. The van der Waals surface area contributed by atoms with Crippen molar-refractivity contribution in [2.45, 2.75) is 36.8 Å². The van der Waals surface area contributed by atoms with Gasteiger partial charge in [-0.3, -0.25) is 9.59 Å². The Morgan fingerprint density at radius 1 is 1.09 bits per heavy atom. The van der Waals surface area contributed by atoms with Crippen LogP contribution < -0.4 is 15.4 Å². The van der Waals surface area contributed by atoms with Crippen LogP contribution in [-0.4, -0.2) is 43.6 Å². The third-order valence-electron chi connectivity index (χ3n) is 6.84. The van der Waals surface area contributed by atoms with Crippen molar-refractivity contribution in [2.75, 3.05) is 13.7 Å². The molecular formula is C24H23F3N2O3. The van der Waals surface area contributed by atoms with Gasteiger partial charge >= 0.3 is 0 Å². The van der Waals surface area contributed by atoms with Crippen LogP contribution in [0.4, 0.5) is 13.2 Å². The van der Waals surface area contributed by atoms with E-state index in [0.29, 0.717) is 5.56 Å². The molecule has 168 valence electrons. The van der Waals surface area contributed by atoms with Crippen LogP contribution in [0, 0.1) is 11.8 Å². The lowest BCUT2D eigenvalue weighted by Gasteiger charge is -2.17. The van der Waals surface area contributed by atoms with Crippen molar-refractivity contribution >= 4 is 11.8 Å². The van der Waals surface area contributed by atoms with Gasteiger partial charge in [0.25, 0.3) is 11.8 Å². The first-order chi connectivity index (χ1) is 15.3. The van der Waals surface area contributed by atoms with Gasteiger partial charge in [0.2, 0.25) is 5.92 Å². The third-order valence-corrected chi connectivity index (χ3v) is 6.84. The Morgan fingerprint density at radius 2 is 1.78 bits per heavy atom. The van der Waals surface area contributed by atoms with Gasteiger partial charge in [0.1, 0.15) is 18.5 Å². The van der Waals surface area contributed by atoms with E-state index in [2.05, 4.69) is 10.6 Å². The molecule has 32 heavy (non-hydrogen) atoms. The summed E-state index contributed by atoms with van der Waals surface area (Å²) in [5, 5.41) is 5.38. The van der Waals surface area contributed by atoms with E-state index in [9.17, 15) is 22.8 Å². The standard InChI is InChI=1S/C24H23F3N2O3/c1-28-23(31)15-8-13(22(30)29-20-16-9-24(26,27)10-17(16)20)7-14-19(12-5-3-2-4-6-12)18(11-25)32-21(14)15/h2-8,16-20H,9-11H2,1H3,(H,28,31)(H,29,30)/t16-,17+,18-,19+,20?/m1/s1. The molecule has 5 atom stereocenters. The highest BCUT2D eigenvalue weighted by atomic mass is 19.3. The van der Waals surface area contributed by atoms with E-state index in [1.54, 1.807) is 6.07 Å². The van der Waals surface area contributed by atoms with E-state index in [0.717, 1.165) is 5.56 Å². The zero-order valence-corrected chi connectivity index (χ0v) is 17.4. The van der Waals surface area contributed by atoms with Crippen molar-refractivity contribution in [3.8, 4) is 5.75 Å². The summed E-state index contributed by atoms with van der Waals surface area (Å²) < 4.78 is 46.6. The topological polar surface area (TPSA) is 67.4 Å². The molecule has 2 aromatic rings. The van der Waals surface area contributed by atoms with Gasteiger partial charge in [-0.2, -0.15) is 0 Å². The highest BCUT2D eigenvalue weighted by Crippen LogP contribution is 2.58. The molecular weight excluding hydrogens is 421 g/mol. The van der Waals surface area contributed by atoms with Gasteiger partial charge in [-0.25, -0.2) is 13.2 Å². The number of hydrogen-bond acceptors (Lipinski definition) is 3. The molecule has 1 aliphatic heterocycles. The fourth-order valence-electron chi connectivity index (χ4n) is 5.27.